The van der Waals surface area contributed by atoms with Crippen LogP contribution in [0.25, 0.3) is 11.1 Å². The first-order valence-corrected chi connectivity index (χ1v) is 18.6. The molecule has 2 aliphatic rings. The summed E-state index contributed by atoms with van der Waals surface area (Å²) in [6.07, 6.45) is 8.33. The molecular weight excluding hydrogens is 622 g/mol. The van der Waals surface area contributed by atoms with Gasteiger partial charge in [-0.15, -0.1) is 0 Å². The van der Waals surface area contributed by atoms with Gasteiger partial charge in [-0.05, 0) is 139 Å². The second-order valence-corrected chi connectivity index (χ2v) is 14.2. The molecule has 0 atom stereocenters. The van der Waals surface area contributed by atoms with E-state index in [1.807, 2.05) is 26.0 Å². The van der Waals surface area contributed by atoms with Gasteiger partial charge < -0.3 is 24.8 Å². The average molecular weight is 680 g/mol. The number of nitrogens with one attached hydrogen (secondary N) is 2. The highest BCUT2D eigenvalue weighted by atomic mass is 16.5. The van der Waals surface area contributed by atoms with E-state index in [0.29, 0.717) is 23.2 Å². The number of hydrogen-bond donors (Lipinski definition) is 2. The lowest BCUT2D eigenvalue weighted by atomic mass is 9.88. The molecule has 1 saturated carbocycles. The van der Waals surface area contributed by atoms with Crippen molar-refractivity contribution in [3.8, 4) is 23.0 Å². The van der Waals surface area contributed by atoms with Crippen molar-refractivity contribution in [2.24, 2.45) is 0 Å². The average Bonchev–Trinajstić information content (AvgIpc) is 3.12. The molecule has 268 valence electrons. The van der Waals surface area contributed by atoms with Gasteiger partial charge in [0, 0.05) is 66.9 Å². The standard InChI is InChI=1S/C42H57N5O3/c1-7-47(37-19-17-36(18-20-37)45(5)24-25-50-6)40-28-35(34-15-13-33(14-16-34)12-11-23-46-21-9-8-10-22-46)27-38(32(40)4)41(48)43-29-39-30(2)26-31(3)44-42(39)49/h13-16,26-28,36-37H,7-10,17-25,29H2,1-6H3,(H,43,48)(H,44,49). The summed E-state index contributed by atoms with van der Waals surface area (Å²) in [5.74, 6) is 6.55. The maximum atomic E-state index is 14.0. The van der Waals surface area contributed by atoms with Gasteiger partial charge in [-0.1, -0.05) is 30.4 Å². The summed E-state index contributed by atoms with van der Waals surface area (Å²) in [6.45, 7) is 13.9. The third-order valence-corrected chi connectivity index (χ3v) is 10.8. The van der Waals surface area contributed by atoms with E-state index in [4.69, 9.17) is 4.74 Å². The molecule has 0 radical (unpaired) electrons. The molecule has 0 bridgehead atoms. The zero-order valence-corrected chi connectivity index (χ0v) is 31.2. The maximum absolute atomic E-state index is 14.0. The van der Waals surface area contributed by atoms with Gasteiger partial charge in [0.2, 0.25) is 0 Å². The third-order valence-electron chi connectivity index (χ3n) is 10.8. The van der Waals surface area contributed by atoms with Gasteiger partial charge in [-0.3, -0.25) is 14.5 Å². The number of pyridine rings is 1. The zero-order chi connectivity index (χ0) is 35.6. The maximum Gasteiger partial charge on any atom is 0.253 e. The summed E-state index contributed by atoms with van der Waals surface area (Å²) in [7, 11) is 3.97. The Bertz CT molecular complexity index is 1710. The molecule has 1 aliphatic heterocycles. The molecule has 2 fully saturated rings. The van der Waals surface area contributed by atoms with Gasteiger partial charge in [-0.25, -0.2) is 0 Å². The number of aromatic amines is 1. The van der Waals surface area contributed by atoms with Crippen LogP contribution in [-0.4, -0.2) is 86.3 Å². The van der Waals surface area contributed by atoms with Crippen LogP contribution in [0.3, 0.4) is 0 Å². The SMILES string of the molecule is CCN(c1cc(-c2ccc(C#CCN3CCCCC3)cc2)cc(C(=O)NCc2c(C)cc(C)[nH]c2=O)c1C)C1CCC(N(C)CCOC)CC1. The highest BCUT2D eigenvalue weighted by molar-refractivity contribution is 5.99. The van der Waals surface area contributed by atoms with E-state index in [1.165, 1.54) is 19.3 Å². The van der Waals surface area contributed by atoms with E-state index < -0.39 is 0 Å². The van der Waals surface area contributed by atoms with Crippen LogP contribution in [0.15, 0.2) is 47.3 Å². The Kier molecular flexibility index (Phi) is 13.3. The Balaban J connectivity index is 1.42. The molecule has 2 heterocycles. The smallest absolute Gasteiger partial charge is 0.253 e. The lowest BCUT2D eigenvalue weighted by Gasteiger charge is -2.41. The van der Waals surface area contributed by atoms with E-state index in [0.717, 1.165) is 104 Å². The first-order valence-electron chi connectivity index (χ1n) is 18.6. The van der Waals surface area contributed by atoms with E-state index in [2.05, 4.69) is 88.1 Å². The van der Waals surface area contributed by atoms with Crippen molar-refractivity contribution in [1.29, 1.82) is 0 Å². The number of methoxy groups -OCH3 is 1. The quantitative estimate of drug-likeness (QED) is 0.214. The van der Waals surface area contributed by atoms with Crippen LogP contribution < -0.4 is 15.8 Å². The number of aromatic nitrogens is 1. The molecule has 0 spiro atoms. The lowest BCUT2D eigenvalue weighted by molar-refractivity contribution is 0.0950. The van der Waals surface area contributed by atoms with Crippen molar-refractivity contribution in [1.82, 2.24) is 20.1 Å². The summed E-state index contributed by atoms with van der Waals surface area (Å²) in [6, 6.07) is 15.6. The molecule has 5 rings (SSSR count). The summed E-state index contributed by atoms with van der Waals surface area (Å²) < 4.78 is 5.33. The molecule has 1 aromatic heterocycles. The van der Waals surface area contributed by atoms with E-state index in [9.17, 15) is 9.59 Å². The molecule has 1 aliphatic carbocycles. The Morgan fingerprint density at radius 1 is 0.980 bits per heavy atom. The summed E-state index contributed by atoms with van der Waals surface area (Å²) in [5.41, 5.74) is 7.84. The minimum absolute atomic E-state index is 0.159. The molecule has 0 unspecified atom stereocenters. The molecule has 2 N–H and O–H groups in total. The number of amides is 1. The van der Waals surface area contributed by atoms with E-state index in [1.54, 1.807) is 7.11 Å². The highest BCUT2D eigenvalue weighted by Crippen LogP contribution is 2.36. The molecule has 8 nitrogen and oxygen atoms in total. The van der Waals surface area contributed by atoms with Gasteiger partial charge in [0.15, 0.2) is 0 Å². The molecule has 3 aromatic rings. The number of likely N-dealkylation sites (N-methyl/N-ethyl adjacent to an activating group) is 1. The molecular formula is C42H57N5O3. The van der Waals surface area contributed by atoms with Crippen molar-refractivity contribution in [2.75, 3.05) is 58.4 Å². The first-order chi connectivity index (χ1) is 24.2. The molecule has 1 amide bonds. The number of benzene rings is 2. The topological polar surface area (TPSA) is 80.9 Å². The van der Waals surface area contributed by atoms with Crippen molar-refractivity contribution in [3.05, 3.63) is 86.3 Å². The van der Waals surface area contributed by atoms with Crippen molar-refractivity contribution >= 4 is 11.6 Å². The summed E-state index contributed by atoms with van der Waals surface area (Å²) in [5, 5.41) is 3.08. The second-order valence-electron chi connectivity index (χ2n) is 14.2. The van der Waals surface area contributed by atoms with Crippen LogP contribution in [0.5, 0.6) is 0 Å². The minimum Gasteiger partial charge on any atom is -0.383 e. The first kappa shape index (κ1) is 37.4. The van der Waals surface area contributed by atoms with Crippen LogP contribution in [0.4, 0.5) is 5.69 Å². The van der Waals surface area contributed by atoms with E-state index in [-0.39, 0.29) is 18.0 Å². The number of rotatable bonds is 12. The Labute approximate surface area is 299 Å². The van der Waals surface area contributed by atoms with Crippen molar-refractivity contribution in [3.63, 3.8) is 0 Å². The number of anilines is 1. The van der Waals surface area contributed by atoms with E-state index >= 15 is 0 Å². The number of carbonyl (C=O) groups is 1. The fraction of sp³-hybridized carbons (Fsp3) is 0.524. The number of piperidine rings is 1. The number of ether oxygens (including phenoxy) is 1. The largest absolute Gasteiger partial charge is 0.383 e. The van der Waals surface area contributed by atoms with Gasteiger partial charge in [0.05, 0.1) is 13.2 Å². The van der Waals surface area contributed by atoms with Gasteiger partial charge >= 0.3 is 0 Å². The normalized spacial score (nSPS) is 18.1. The highest BCUT2D eigenvalue weighted by Gasteiger charge is 2.29. The third kappa shape index (κ3) is 9.45. The Morgan fingerprint density at radius 2 is 1.68 bits per heavy atom. The lowest BCUT2D eigenvalue weighted by Crippen LogP contribution is -2.44. The minimum atomic E-state index is -0.176. The number of H-pyrrole nitrogens is 1. The van der Waals surface area contributed by atoms with Crippen molar-refractivity contribution in [2.45, 2.75) is 91.3 Å². The van der Waals surface area contributed by atoms with Crippen LogP contribution >= 0.6 is 0 Å². The molecule has 50 heavy (non-hydrogen) atoms. The van der Waals surface area contributed by atoms with Gasteiger partial charge in [0.1, 0.15) is 0 Å². The predicted molar refractivity (Wildman–Crippen MR) is 205 cm³/mol. The monoisotopic (exact) mass is 679 g/mol. The Hall–Kier alpha value is -3.90. The van der Waals surface area contributed by atoms with Crippen LogP contribution in [0.2, 0.25) is 0 Å². The number of nitrogens with zero attached hydrogens (tertiary/aromatic N) is 3. The van der Waals surface area contributed by atoms with Gasteiger partial charge in [-0.2, -0.15) is 0 Å². The van der Waals surface area contributed by atoms with Crippen LogP contribution in [-0.2, 0) is 11.3 Å². The number of likely N-dealkylation sites (tertiary alicyclic amines) is 1. The predicted octanol–water partition coefficient (Wildman–Crippen LogP) is 6.45. The number of hydrogen-bond acceptors (Lipinski definition) is 6. The zero-order valence-electron chi connectivity index (χ0n) is 31.2. The summed E-state index contributed by atoms with van der Waals surface area (Å²) in [4.78, 5) is 37.0. The number of carbonyl (C=O) groups excluding carboxylic acids is 1. The Morgan fingerprint density at radius 3 is 2.34 bits per heavy atom. The molecule has 8 heteroatoms. The van der Waals surface area contributed by atoms with Gasteiger partial charge in [0.25, 0.3) is 11.5 Å². The van der Waals surface area contributed by atoms with Crippen LogP contribution in [0, 0.1) is 32.6 Å². The van der Waals surface area contributed by atoms with Crippen molar-refractivity contribution < 1.29 is 9.53 Å². The molecule has 1 saturated heterocycles. The second kappa shape index (κ2) is 17.8. The number of aryl methyl sites for hydroxylation is 2. The molecule has 2 aromatic carbocycles. The fourth-order valence-corrected chi connectivity index (χ4v) is 7.74. The van der Waals surface area contributed by atoms with Crippen LogP contribution in [0.1, 0.15) is 90.2 Å². The summed E-state index contributed by atoms with van der Waals surface area (Å²) >= 11 is 0. The fourth-order valence-electron chi connectivity index (χ4n) is 7.74.